The van der Waals surface area contributed by atoms with Gasteiger partial charge in [-0.2, -0.15) is 5.10 Å². The molecule has 22 heavy (non-hydrogen) atoms. The van der Waals surface area contributed by atoms with Crippen LogP contribution in [0.2, 0.25) is 0 Å². The molecule has 1 aliphatic heterocycles. The highest BCUT2D eigenvalue weighted by atomic mass is 16.7. The van der Waals surface area contributed by atoms with Crippen LogP contribution in [0.15, 0.2) is 0 Å². The Labute approximate surface area is 132 Å². The Morgan fingerprint density at radius 2 is 1.77 bits per heavy atom. The summed E-state index contributed by atoms with van der Waals surface area (Å²) in [4.78, 5) is 0. The van der Waals surface area contributed by atoms with Gasteiger partial charge in [-0.05, 0) is 41.5 Å². The van der Waals surface area contributed by atoms with Gasteiger partial charge in [0.2, 0.25) is 0 Å². The predicted octanol–water partition coefficient (Wildman–Crippen LogP) is 0.806. The maximum Gasteiger partial charge on any atom is 0.498 e. The van der Waals surface area contributed by atoms with Gasteiger partial charge in [-0.25, -0.2) is 0 Å². The van der Waals surface area contributed by atoms with Crippen molar-refractivity contribution in [2.45, 2.75) is 65.4 Å². The van der Waals surface area contributed by atoms with Crippen molar-refractivity contribution in [1.82, 2.24) is 9.78 Å². The Morgan fingerprint density at radius 3 is 2.27 bits per heavy atom. The van der Waals surface area contributed by atoms with Gasteiger partial charge in [0.25, 0.3) is 0 Å². The second-order valence-electron chi connectivity index (χ2n) is 6.96. The third-order valence-electron chi connectivity index (χ3n) is 4.67. The average Bonchev–Trinajstić information content (AvgIpc) is 2.73. The summed E-state index contributed by atoms with van der Waals surface area (Å²) < 4.78 is 19.0. The zero-order chi connectivity index (χ0) is 16.7. The highest BCUT2D eigenvalue weighted by Gasteiger charge is 2.53. The highest BCUT2D eigenvalue weighted by molar-refractivity contribution is 6.63. The number of aliphatic hydroxyl groups excluding tert-OH is 1. The molecule has 1 N–H and O–H groups in total. The first-order chi connectivity index (χ1) is 10.1. The van der Waals surface area contributed by atoms with Crippen LogP contribution >= 0.6 is 0 Å². The average molecular weight is 310 g/mol. The Morgan fingerprint density at radius 1 is 1.23 bits per heavy atom. The van der Waals surface area contributed by atoms with E-state index in [1.165, 1.54) is 0 Å². The van der Waals surface area contributed by atoms with Crippen LogP contribution in [-0.2, 0) is 20.6 Å². The van der Waals surface area contributed by atoms with Gasteiger partial charge < -0.3 is 19.2 Å². The molecule has 0 amide bonds. The molecule has 6 nitrogen and oxygen atoms in total. The lowest BCUT2D eigenvalue weighted by Gasteiger charge is -2.32. The van der Waals surface area contributed by atoms with E-state index >= 15 is 0 Å². The molecule has 0 radical (unpaired) electrons. The molecule has 1 aliphatic rings. The number of nitrogens with zero attached hydrogens (tertiary/aromatic N) is 2. The summed E-state index contributed by atoms with van der Waals surface area (Å²) in [6, 6.07) is 0. The van der Waals surface area contributed by atoms with Crippen LogP contribution in [-0.4, -0.2) is 53.0 Å². The van der Waals surface area contributed by atoms with Gasteiger partial charge in [0.05, 0.1) is 36.2 Å². The molecule has 0 bridgehead atoms. The number of aryl methyl sites for hydroxylation is 1. The summed E-state index contributed by atoms with van der Waals surface area (Å²) in [6.45, 7) is 12.7. The molecular formula is C15H27BN2O4. The van der Waals surface area contributed by atoms with Gasteiger partial charge in [-0.15, -0.1) is 0 Å². The molecule has 0 aromatic carbocycles. The van der Waals surface area contributed by atoms with Crippen molar-refractivity contribution >= 4 is 12.6 Å². The number of hydrogen-bond donors (Lipinski definition) is 1. The molecule has 2 rings (SSSR count). The second kappa shape index (κ2) is 5.96. The molecule has 0 aliphatic carbocycles. The van der Waals surface area contributed by atoms with Crippen LogP contribution < -0.4 is 5.46 Å². The smallest absolute Gasteiger partial charge is 0.399 e. The quantitative estimate of drug-likeness (QED) is 0.815. The maximum atomic E-state index is 9.91. The Kier molecular flexibility index (Phi) is 4.73. The number of aromatic nitrogens is 2. The summed E-state index contributed by atoms with van der Waals surface area (Å²) in [5.74, 6) is 0. The van der Waals surface area contributed by atoms with Gasteiger partial charge in [0.15, 0.2) is 0 Å². The first kappa shape index (κ1) is 17.5. The van der Waals surface area contributed by atoms with Crippen LogP contribution in [0.1, 0.15) is 39.1 Å². The zero-order valence-electron chi connectivity index (χ0n) is 14.6. The fourth-order valence-electron chi connectivity index (χ4n) is 2.64. The largest absolute Gasteiger partial charge is 0.498 e. The standard InChI is InChI=1S/C15H27BN2O4/c1-10-13(16-21-14(3,4)15(5,6)22-16)11(2)18(17-10)8-12(19)9-20-7/h12,19H,8-9H2,1-7H3/t12-/m0/s1. The molecule has 1 fully saturated rings. The van der Waals surface area contributed by atoms with E-state index in [1.54, 1.807) is 11.8 Å². The van der Waals surface area contributed by atoms with Gasteiger partial charge in [-0.1, -0.05) is 0 Å². The molecule has 2 heterocycles. The number of aliphatic hydroxyl groups is 1. The van der Waals surface area contributed by atoms with Crippen molar-refractivity contribution in [3.63, 3.8) is 0 Å². The Hall–Kier alpha value is -0.885. The number of ether oxygens (including phenoxy) is 1. The van der Waals surface area contributed by atoms with Crippen LogP contribution in [0.3, 0.4) is 0 Å². The first-order valence-corrected chi connectivity index (χ1v) is 7.65. The molecule has 0 unspecified atom stereocenters. The lowest BCUT2D eigenvalue weighted by molar-refractivity contribution is 0.00578. The van der Waals surface area contributed by atoms with E-state index in [2.05, 4.69) is 5.10 Å². The van der Waals surface area contributed by atoms with E-state index in [4.69, 9.17) is 14.0 Å². The second-order valence-corrected chi connectivity index (χ2v) is 6.96. The Bertz CT molecular complexity index is 526. The molecule has 1 saturated heterocycles. The molecule has 124 valence electrons. The third kappa shape index (κ3) is 3.08. The predicted molar refractivity (Wildman–Crippen MR) is 85.3 cm³/mol. The molecule has 1 atom stereocenters. The highest BCUT2D eigenvalue weighted by Crippen LogP contribution is 2.36. The molecule has 7 heteroatoms. The monoisotopic (exact) mass is 310 g/mol. The van der Waals surface area contributed by atoms with Gasteiger partial charge >= 0.3 is 7.12 Å². The van der Waals surface area contributed by atoms with E-state index in [1.807, 2.05) is 41.5 Å². The molecular weight excluding hydrogens is 283 g/mol. The zero-order valence-corrected chi connectivity index (χ0v) is 14.6. The molecule has 0 spiro atoms. The van der Waals surface area contributed by atoms with Crippen LogP contribution in [0, 0.1) is 13.8 Å². The van der Waals surface area contributed by atoms with Crippen molar-refractivity contribution in [1.29, 1.82) is 0 Å². The van der Waals surface area contributed by atoms with Crippen molar-refractivity contribution in [2.24, 2.45) is 0 Å². The van der Waals surface area contributed by atoms with E-state index in [0.717, 1.165) is 16.9 Å². The summed E-state index contributed by atoms with van der Waals surface area (Å²) in [7, 11) is 1.14. The van der Waals surface area contributed by atoms with Gasteiger partial charge in [0, 0.05) is 18.3 Å². The van der Waals surface area contributed by atoms with Gasteiger partial charge in [0.1, 0.15) is 0 Å². The Balaban J connectivity index is 2.25. The van der Waals surface area contributed by atoms with E-state index in [-0.39, 0.29) is 17.8 Å². The fourth-order valence-corrected chi connectivity index (χ4v) is 2.64. The maximum absolute atomic E-state index is 9.91. The van der Waals surface area contributed by atoms with E-state index < -0.39 is 13.2 Å². The minimum Gasteiger partial charge on any atom is -0.399 e. The van der Waals surface area contributed by atoms with Gasteiger partial charge in [-0.3, -0.25) is 4.68 Å². The van der Waals surface area contributed by atoms with E-state index in [0.29, 0.717) is 6.54 Å². The lowest BCUT2D eigenvalue weighted by Crippen LogP contribution is -2.41. The van der Waals surface area contributed by atoms with Crippen LogP contribution in [0.5, 0.6) is 0 Å². The van der Waals surface area contributed by atoms with E-state index in [9.17, 15) is 5.11 Å². The topological polar surface area (TPSA) is 65.7 Å². The SMILES string of the molecule is COC[C@@H](O)Cn1nc(C)c(B2OC(C)(C)C(C)(C)O2)c1C. The first-order valence-electron chi connectivity index (χ1n) is 7.65. The summed E-state index contributed by atoms with van der Waals surface area (Å²) in [5.41, 5.74) is 2.00. The number of methoxy groups -OCH3 is 1. The fraction of sp³-hybridized carbons (Fsp3) is 0.800. The van der Waals surface area contributed by atoms with Crippen LogP contribution in [0.4, 0.5) is 0 Å². The number of rotatable bonds is 5. The normalized spacial score (nSPS) is 21.4. The van der Waals surface area contributed by atoms with Crippen LogP contribution in [0.25, 0.3) is 0 Å². The van der Waals surface area contributed by atoms with Crippen molar-refractivity contribution in [2.75, 3.05) is 13.7 Å². The third-order valence-corrected chi connectivity index (χ3v) is 4.67. The minimum atomic E-state index is -0.589. The summed E-state index contributed by atoms with van der Waals surface area (Å²) in [5, 5.41) is 14.4. The van der Waals surface area contributed by atoms with Crippen molar-refractivity contribution in [3.8, 4) is 0 Å². The summed E-state index contributed by atoms with van der Waals surface area (Å²) >= 11 is 0. The lowest BCUT2D eigenvalue weighted by atomic mass is 9.77. The van der Waals surface area contributed by atoms with Crippen molar-refractivity contribution in [3.05, 3.63) is 11.4 Å². The van der Waals surface area contributed by atoms with Crippen molar-refractivity contribution < 1.29 is 19.2 Å². The molecule has 1 aromatic heterocycles. The molecule has 1 aromatic rings. The molecule has 0 saturated carbocycles. The minimum absolute atomic E-state index is 0.282. The summed E-state index contributed by atoms with van der Waals surface area (Å²) in [6.07, 6.45) is -0.589. The number of hydrogen-bond acceptors (Lipinski definition) is 5.